The van der Waals surface area contributed by atoms with Gasteiger partial charge < -0.3 is 4.74 Å². The first-order chi connectivity index (χ1) is 7.30. The van der Waals surface area contributed by atoms with Gasteiger partial charge in [-0.15, -0.1) is 0 Å². The topological polar surface area (TPSA) is 38.7 Å². The normalized spacial score (nSPS) is 16.6. The fraction of sp³-hybridized carbons (Fsp3) is 0.417. The van der Waals surface area contributed by atoms with Crippen LogP contribution in [-0.4, -0.2) is 19.7 Å². The lowest BCUT2D eigenvalue weighted by Crippen LogP contribution is -2.10. The number of carbonyl (C=O) groups excluding carboxylic acids is 1. The molecule has 0 radical (unpaired) electrons. The van der Waals surface area contributed by atoms with Gasteiger partial charge in [-0.3, -0.25) is 0 Å². The predicted octanol–water partition coefficient (Wildman–Crippen LogP) is 2.06. The molecule has 1 aromatic rings. The van der Waals surface area contributed by atoms with Gasteiger partial charge in [-0.05, 0) is 30.5 Å². The van der Waals surface area contributed by atoms with Crippen LogP contribution in [0.5, 0.6) is 5.75 Å². The highest BCUT2D eigenvalue weighted by molar-refractivity contribution is 5.40. The molecule has 0 saturated heterocycles. The van der Waals surface area contributed by atoms with Gasteiger partial charge in [0.2, 0.25) is 6.08 Å². The number of hydrogen-bond donors (Lipinski definition) is 0. The van der Waals surface area contributed by atoms with Crippen molar-refractivity contribution in [2.45, 2.75) is 18.3 Å². The molecular weight excluding hydrogens is 190 g/mol. The summed E-state index contributed by atoms with van der Waals surface area (Å²) < 4.78 is 5.17. The van der Waals surface area contributed by atoms with E-state index in [1.807, 2.05) is 18.2 Å². The molecule has 1 aromatic carbocycles. The highest BCUT2D eigenvalue weighted by Gasteiger charge is 2.44. The van der Waals surface area contributed by atoms with Crippen molar-refractivity contribution in [2.24, 2.45) is 4.99 Å². The molecule has 1 fully saturated rings. The van der Waals surface area contributed by atoms with E-state index in [0.717, 1.165) is 18.6 Å². The summed E-state index contributed by atoms with van der Waals surface area (Å²) in [5, 5.41) is 0. The largest absolute Gasteiger partial charge is 0.497 e. The third-order valence-electron chi connectivity index (χ3n) is 2.98. The average molecular weight is 203 g/mol. The van der Waals surface area contributed by atoms with Gasteiger partial charge in [-0.2, -0.15) is 0 Å². The van der Waals surface area contributed by atoms with Crippen LogP contribution >= 0.6 is 0 Å². The van der Waals surface area contributed by atoms with Crippen molar-refractivity contribution in [2.75, 3.05) is 13.7 Å². The van der Waals surface area contributed by atoms with Crippen molar-refractivity contribution in [3.05, 3.63) is 29.8 Å². The Labute approximate surface area is 88.8 Å². The smallest absolute Gasteiger partial charge is 0.234 e. The van der Waals surface area contributed by atoms with E-state index in [1.165, 1.54) is 5.56 Å². The molecule has 0 amide bonds. The van der Waals surface area contributed by atoms with Gasteiger partial charge in [0.1, 0.15) is 5.75 Å². The Kier molecular flexibility index (Phi) is 2.57. The fourth-order valence-corrected chi connectivity index (χ4v) is 1.83. The zero-order chi connectivity index (χ0) is 10.7. The van der Waals surface area contributed by atoms with Gasteiger partial charge in [-0.25, -0.2) is 9.79 Å². The molecule has 0 aliphatic heterocycles. The van der Waals surface area contributed by atoms with E-state index in [1.54, 1.807) is 13.2 Å². The third-order valence-corrected chi connectivity index (χ3v) is 2.98. The maximum atomic E-state index is 10.1. The van der Waals surface area contributed by atoms with E-state index >= 15 is 0 Å². The summed E-state index contributed by atoms with van der Waals surface area (Å²) in [6, 6.07) is 7.98. The Balaban J connectivity index is 2.24. The molecule has 0 aromatic heterocycles. The maximum absolute atomic E-state index is 10.1. The minimum atomic E-state index is 0.0753. The second-order valence-corrected chi connectivity index (χ2v) is 3.92. The Hall–Kier alpha value is -1.60. The summed E-state index contributed by atoms with van der Waals surface area (Å²) in [7, 11) is 1.66. The molecule has 0 unspecified atom stereocenters. The minimum Gasteiger partial charge on any atom is -0.497 e. The number of rotatable bonds is 4. The summed E-state index contributed by atoms with van der Waals surface area (Å²) in [5.41, 5.74) is 1.28. The van der Waals surface area contributed by atoms with E-state index < -0.39 is 0 Å². The van der Waals surface area contributed by atoms with Crippen molar-refractivity contribution < 1.29 is 9.53 Å². The molecule has 0 N–H and O–H groups in total. The number of ether oxygens (including phenoxy) is 1. The first-order valence-electron chi connectivity index (χ1n) is 4.99. The second-order valence-electron chi connectivity index (χ2n) is 3.92. The lowest BCUT2D eigenvalue weighted by Gasteiger charge is -2.12. The van der Waals surface area contributed by atoms with Gasteiger partial charge in [0.15, 0.2) is 0 Å². The molecule has 0 bridgehead atoms. The molecule has 1 aliphatic carbocycles. The summed E-state index contributed by atoms with van der Waals surface area (Å²) in [6.07, 6.45) is 3.78. The number of methoxy groups -OCH3 is 1. The lowest BCUT2D eigenvalue weighted by atomic mass is 9.96. The van der Waals surface area contributed by atoms with Crippen LogP contribution in [0.1, 0.15) is 18.4 Å². The van der Waals surface area contributed by atoms with Crippen molar-refractivity contribution in [3.8, 4) is 5.75 Å². The zero-order valence-corrected chi connectivity index (χ0v) is 8.69. The number of benzene rings is 1. The van der Waals surface area contributed by atoms with Crippen LogP contribution in [0.15, 0.2) is 29.3 Å². The molecule has 0 heterocycles. The number of nitrogens with zero attached hydrogens (tertiary/aromatic N) is 1. The second kappa shape index (κ2) is 3.87. The lowest BCUT2D eigenvalue weighted by molar-refractivity contribution is 0.413. The van der Waals surface area contributed by atoms with Crippen LogP contribution in [-0.2, 0) is 10.2 Å². The van der Waals surface area contributed by atoms with Crippen LogP contribution in [0.25, 0.3) is 0 Å². The molecule has 1 aliphatic rings. The Morgan fingerprint density at radius 1 is 1.53 bits per heavy atom. The average Bonchev–Trinajstić information content (AvgIpc) is 3.08. The Morgan fingerprint density at radius 3 is 2.93 bits per heavy atom. The Morgan fingerprint density at radius 2 is 2.33 bits per heavy atom. The van der Waals surface area contributed by atoms with E-state index in [0.29, 0.717) is 6.54 Å². The number of aliphatic imine (C=N–C) groups is 1. The molecule has 15 heavy (non-hydrogen) atoms. The standard InChI is InChI=1S/C12H13NO2/c1-15-11-4-2-3-10(7-11)12(5-6-12)8-13-9-14/h2-4,7H,5-6,8H2,1H3. The van der Waals surface area contributed by atoms with E-state index in [2.05, 4.69) is 11.1 Å². The van der Waals surface area contributed by atoms with E-state index in [-0.39, 0.29) is 5.41 Å². The highest BCUT2D eigenvalue weighted by atomic mass is 16.5. The first kappa shape index (κ1) is 9.94. The van der Waals surface area contributed by atoms with Crippen LogP contribution < -0.4 is 4.74 Å². The molecule has 3 heteroatoms. The van der Waals surface area contributed by atoms with Gasteiger partial charge in [-0.1, -0.05) is 12.1 Å². The van der Waals surface area contributed by atoms with Crippen LogP contribution in [0.4, 0.5) is 0 Å². The molecule has 78 valence electrons. The fourth-order valence-electron chi connectivity index (χ4n) is 1.83. The molecular formula is C12H13NO2. The quantitative estimate of drug-likeness (QED) is 0.555. The van der Waals surface area contributed by atoms with E-state index in [9.17, 15) is 4.79 Å². The summed E-state index contributed by atoms with van der Waals surface area (Å²) in [5.74, 6) is 0.855. The van der Waals surface area contributed by atoms with Gasteiger partial charge >= 0.3 is 0 Å². The molecule has 0 spiro atoms. The van der Waals surface area contributed by atoms with Crippen molar-refractivity contribution in [3.63, 3.8) is 0 Å². The van der Waals surface area contributed by atoms with Crippen LogP contribution in [0.3, 0.4) is 0 Å². The van der Waals surface area contributed by atoms with Gasteiger partial charge in [0.05, 0.1) is 13.7 Å². The predicted molar refractivity (Wildman–Crippen MR) is 56.9 cm³/mol. The molecule has 0 atom stereocenters. The van der Waals surface area contributed by atoms with Gasteiger partial charge in [0, 0.05) is 5.41 Å². The number of isocyanates is 1. The number of hydrogen-bond acceptors (Lipinski definition) is 3. The molecule has 2 rings (SSSR count). The van der Waals surface area contributed by atoms with Crippen LogP contribution in [0.2, 0.25) is 0 Å². The zero-order valence-electron chi connectivity index (χ0n) is 8.69. The van der Waals surface area contributed by atoms with Crippen molar-refractivity contribution in [1.29, 1.82) is 0 Å². The summed E-state index contributed by atoms with van der Waals surface area (Å²) in [4.78, 5) is 13.8. The van der Waals surface area contributed by atoms with E-state index in [4.69, 9.17) is 4.74 Å². The Bertz CT molecular complexity index is 404. The molecule has 3 nitrogen and oxygen atoms in total. The maximum Gasteiger partial charge on any atom is 0.234 e. The van der Waals surface area contributed by atoms with Gasteiger partial charge in [0.25, 0.3) is 0 Å². The van der Waals surface area contributed by atoms with Crippen LogP contribution in [0, 0.1) is 0 Å². The SMILES string of the molecule is COc1cccc(C2(CN=C=O)CC2)c1. The van der Waals surface area contributed by atoms with Crippen molar-refractivity contribution in [1.82, 2.24) is 0 Å². The summed E-state index contributed by atoms with van der Waals surface area (Å²) >= 11 is 0. The molecule has 1 saturated carbocycles. The minimum absolute atomic E-state index is 0.0753. The highest BCUT2D eigenvalue weighted by Crippen LogP contribution is 2.48. The van der Waals surface area contributed by atoms with Crippen molar-refractivity contribution >= 4 is 6.08 Å². The monoisotopic (exact) mass is 203 g/mol. The third kappa shape index (κ3) is 1.92. The first-order valence-corrected chi connectivity index (χ1v) is 4.99. The summed E-state index contributed by atoms with van der Waals surface area (Å²) in [6.45, 7) is 0.545.